The van der Waals surface area contributed by atoms with Gasteiger partial charge in [0.25, 0.3) is 0 Å². The molecule has 0 bridgehead atoms. The van der Waals surface area contributed by atoms with Crippen LogP contribution >= 0.6 is 22.6 Å². The molecule has 0 aliphatic carbocycles. The second-order valence-electron chi connectivity index (χ2n) is 5.61. The van der Waals surface area contributed by atoms with Crippen LogP contribution in [0, 0.1) is 0 Å². The molecule has 2 N–H and O–H groups in total. The Morgan fingerprint density at radius 2 is 2.05 bits per heavy atom. The molecule has 1 fully saturated rings. The zero-order valence-electron chi connectivity index (χ0n) is 11.5. The van der Waals surface area contributed by atoms with E-state index in [0.29, 0.717) is 0 Å². The number of carbonyl (C=O) groups excluding carboxylic acids is 1. The number of alkyl halides is 1. The first kappa shape index (κ1) is 14.8. The minimum atomic E-state index is -0.489. The van der Waals surface area contributed by atoms with Crippen LogP contribution in [-0.2, 0) is 15.1 Å². The molecule has 19 heavy (non-hydrogen) atoms. The molecule has 4 heteroatoms. The standard InChI is InChI=1S/C15H20INO2/c1-14(2,16)13(18)19-15(9-6-10-17-11-15)12-7-4-3-5-8-12/h3-5,7-8,17H,6,9-11H2,1-2H3/p+1. The fraction of sp³-hybridized carbons (Fsp3) is 0.533. The van der Waals surface area contributed by atoms with E-state index in [1.807, 2.05) is 32.0 Å². The highest BCUT2D eigenvalue weighted by molar-refractivity contribution is 14.1. The number of rotatable bonds is 3. The Labute approximate surface area is 128 Å². The Hall–Kier alpha value is -0.620. The van der Waals surface area contributed by atoms with Crippen LogP contribution in [0.3, 0.4) is 0 Å². The van der Waals surface area contributed by atoms with E-state index in [4.69, 9.17) is 4.74 Å². The van der Waals surface area contributed by atoms with Crippen molar-refractivity contribution >= 4 is 28.6 Å². The van der Waals surface area contributed by atoms with Gasteiger partial charge in [0.1, 0.15) is 9.97 Å². The molecule has 0 radical (unpaired) electrons. The van der Waals surface area contributed by atoms with Crippen LogP contribution in [0.4, 0.5) is 0 Å². The summed E-state index contributed by atoms with van der Waals surface area (Å²) < 4.78 is 5.46. The fourth-order valence-corrected chi connectivity index (χ4v) is 2.53. The highest BCUT2D eigenvalue weighted by atomic mass is 127. The molecule has 2 rings (SSSR count). The van der Waals surface area contributed by atoms with Crippen molar-refractivity contribution in [1.82, 2.24) is 0 Å². The molecular weight excluding hydrogens is 353 g/mol. The van der Waals surface area contributed by atoms with E-state index in [0.717, 1.165) is 31.5 Å². The summed E-state index contributed by atoms with van der Waals surface area (Å²) in [5.74, 6) is -0.132. The number of benzene rings is 1. The van der Waals surface area contributed by atoms with Crippen molar-refractivity contribution < 1.29 is 14.8 Å². The molecule has 1 aliphatic rings. The van der Waals surface area contributed by atoms with Gasteiger partial charge in [-0.25, -0.2) is 0 Å². The molecule has 1 aromatic carbocycles. The first-order valence-electron chi connectivity index (χ1n) is 6.74. The van der Waals surface area contributed by atoms with Crippen molar-refractivity contribution in [2.24, 2.45) is 0 Å². The van der Waals surface area contributed by atoms with Crippen molar-refractivity contribution in [1.29, 1.82) is 0 Å². The molecular formula is C15H21INO2+. The van der Waals surface area contributed by atoms with Gasteiger partial charge < -0.3 is 10.1 Å². The zero-order valence-corrected chi connectivity index (χ0v) is 13.6. The summed E-state index contributed by atoms with van der Waals surface area (Å²) in [6.07, 6.45) is 1.98. The number of nitrogens with two attached hydrogens (primary N) is 1. The van der Waals surface area contributed by atoms with Gasteiger partial charge in [0.2, 0.25) is 0 Å². The van der Waals surface area contributed by atoms with Crippen LogP contribution < -0.4 is 5.32 Å². The second-order valence-corrected chi connectivity index (χ2v) is 8.30. The molecule has 1 atom stereocenters. The Balaban J connectivity index is 2.28. The summed E-state index contributed by atoms with van der Waals surface area (Å²) in [5.41, 5.74) is 0.652. The van der Waals surface area contributed by atoms with E-state index in [1.54, 1.807) is 0 Å². The van der Waals surface area contributed by atoms with E-state index in [-0.39, 0.29) is 5.97 Å². The molecule has 1 aromatic rings. The highest BCUT2D eigenvalue weighted by Crippen LogP contribution is 2.33. The number of piperidine rings is 1. The van der Waals surface area contributed by atoms with Gasteiger partial charge in [-0.15, -0.1) is 0 Å². The Morgan fingerprint density at radius 1 is 1.37 bits per heavy atom. The average molecular weight is 374 g/mol. The molecule has 0 spiro atoms. The lowest BCUT2D eigenvalue weighted by Crippen LogP contribution is -2.90. The lowest BCUT2D eigenvalue weighted by atomic mass is 9.86. The Bertz CT molecular complexity index is 433. The van der Waals surface area contributed by atoms with Gasteiger partial charge in [0.15, 0.2) is 5.60 Å². The normalized spacial score (nSPS) is 23.9. The quantitative estimate of drug-likeness (QED) is 0.500. The lowest BCUT2D eigenvalue weighted by Gasteiger charge is -2.36. The smallest absolute Gasteiger partial charge is 0.322 e. The van der Waals surface area contributed by atoms with Gasteiger partial charge in [0, 0.05) is 18.4 Å². The predicted octanol–water partition coefficient (Wildman–Crippen LogP) is 2.00. The molecule has 0 amide bonds. The summed E-state index contributed by atoms with van der Waals surface area (Å²) in [6, 6.07) is 10.1. The summed E-state index contributed by atoms with van der Waals surface area (Å²) in [4.78, 5) is 12.3. The Kier molecular flexibility index (Phi) is 4.50. The van der Waals surface area contributed by atoms with Crippen molar-refractivity contribution in [2.75, 3.05) is 13.1 Å². The van der Waals surface area contributed by atoms with Crippen molar-refractivity contribution in [3.8, 4) is 0 Å². The van der Waals surface area contributed by atoms with Crippen LogP contribution in [-0.4, -0.2) is 22.5 Å². The number of ether oxygens (including phenoxy) is 1. The van der Waals surface area contributed by atoms with Gasteiger partial charge in [-0.05, 0) is 13.8 Å². The van der Waals surface area contributed by atoms with Crippen LogP contribution in [0.2, 0.25) is 0 Å². The van der Waals surface area contributed by atoms with Crippen LogP contribution in [0.25, 0.3) is 0 Å². The van der Waals surface area contributed by atoms with E-state index < -0.39 is 9.02 Å². The van der Waals surface area contributed by atoms with Crippen LogP contribution in [0.1, 0.15) is 32.3 Å². The number of hydrogen-bond donors (Lipinski definition) is 1. The minimum Gasteiger partial charge on any atom is -0.447 e. The highest BCUT2D eigenvalue weighted by Gasteiger charge is 2.43. The van der Waals surface area contributed by atoms with E-state index >= 15 is 0 Å². The van der Waals surface area contributed by atoms with Crippen LogP contribution in [0.5, 0.6) is 0 Å². The van der Waals surface area contributed by atoms with E-state index in [9.17, 15) is 4.79 Å². The summed E-state index contributed by atoms with van der Waals surface area (Å²) in [6.45, 7) is 5.71. The monoisotopic (exact) mass is 374 g/mol. The molecule has 1 aliphatic heterocycles. The van der Waals surface area contributed by atoms with Gasteiger partial charge in [-0.1, -0.05) is 52.9 Å². The maximum Gasteiger partial charge on any atom is 0.322 e. The van der Waals surface area contributed by atoms with Crippen LogP contribution in [0.15, 0.2) is 30.3 Å². The Morgan fingerprint density at radius 3 is 2.58 bits per heavy atom. The van der Waals surface area contributed by atoms with Crippen molar-refractivity contribution in [3.63, 3.8) is 0 Å². The number of halogens is 1. The SMILES string of the molecule is CC(C)(I)C(=O)OC1(c2ccccc2)CCC[NH2+]C1. The third kappa shape index (κ3) is 3.48. The largest absolute Gasteiger partial charge is 0.447 e. The third-order valence-electron chi connectivity index (χ3n) is 3.54. The molecule has 104 valence electrons. The molecule has 0 aromatic heterocycles. The topological polar surface area (TPSA) is 42.9 Å². The zero-order chi connectivity index (χ0) is 13.9. The first-order chi connectivity index (χ1) is 8.94. The van der Waals surface area contributed by atoms with E-state index in [1.165, 1.54) is 0 Å². The predicted molar refractivity (Wildman–Crippen MR) is 83.2 cm³/mol. The minimum absolute atomic E-state index is 0.132. The molecule has 1 saturated heterocycles. The van der Waals surface area contributed by atoms with Gasteiger partial charge >= 0.3 is 5.97 Å². The van der Waals surface area contributed by atoms with Crippen molar-refractivity contribution in [2.45, 2.75) is 35.7 Å². The number of quaternary nitrogens is 1. The number of carbonyl (C=O) groups is 1. The van der Waals surface area contributed by atoms with Gasteiger partial charge in [-0.2, -0.15) is 0 Å². The molecule has 0 saturated carbocycles. The summed E-state index contributed by atoms with van der Waals surface area (Å²) in [5, 5.41) is 2.24. The summed E-state index contributed by atoms with van der Waals surface area (Å²) >= 11 is 2.14. The third-order valence-corrected chi connectivity index (χ3v) is 3.98. The second kappa shape index (κ2) is 5.79. The molecule has 1 unspecified atom stereocenters. The number of hydrogen-bond acceptors (Lipinski definition) is 2. The molecule has 3 nitrogen and oxygen atoms in total. The summed E-state index contributed by atoms with van der Waals surface area (Å²) in [7, 11) is 0. The first-order valence-corrected chi connectivity index (χ1v) is 7.81. The lowest BCUT2D eigenvalue weighted by molar-refractivity contribution is -0.678. The fourth-order valence-electron chi connectivity index (χ4n) is 2.42. The van der Waals surface area contributed by atoms with Crippen molar-refractivity contribution in [3.05, 3.63) is 35.9 Å². The maximum atomic E-state index is 12.3. The van der Waals surface area contributed by atoms with Gasteiger partial charge in [0.05, 0.1) is 6.54 Å². The van der Waals surface area contributed by atoms with E-state index in [2.05, 4.69) is 40.0 Å². The maximum absolute atomic E-state index is 12.3. The molecule has 1 heterocycles. The van der Waals surface area contributed by atoms with Gasteiger partial charge in [-0.3, -0.25) is 4.79 Å². The average Bonchev–Trinajstić information content (AvgIpc) is 2.40. The number of esters is 1.